The zero-order valence-electron chi connectivity index (χ0n) is 11.0. The lowest BCUT2D eigenvalue weighted by Gasteiger charge is -2.21. The Hall–Kier alpha value is -1.84. The summed E-state index contributed by atoms with van der Waals surface area (Å²) in [6, 6.07) is 6.90. The van der Waals surface area contributed by atoms with E-state index in [9.17, 15) is 9.59 Å². The minimum atomic E-state index is -0.0387. The zero-order chi connectivity index (χ0) is 13.5. The van der Waals surface area contributed by atoms with E-state index in [1.54, 1.807) is 24.3 Å². The van der Waals surface area contributed by atoms with E-state index in [1.165, 1.54) is 32.1 Å². The van der Waals surface area contributed by atoms with Crippen molar-refractivity contribution in [2.24, 2.45) is 5.92 Å². The number of nitrogens with one attached hydrogen (secondary N) is 2. The molecule has 0 heterocycles. The molecule has 0 radical (unpaired) electrons. The molecule has 1 aliphatic rings. The normalized spacial score (nSPS) is 15.8. The van der Waals surface area contributed by atoms with E-state index >= 15 is 0 Å². The van der Waals surface area contributed by atoms with Crippen LogP contribution >= 0.6 is 0 Å². The molecule has 2 amide bonds. The van der Waals surface area contributed by atoms with Crippen LogP contribution in [0, 0.1) is 5.92 Å². The van der Waals surface area contributed by atoms with Crippen molar-refractivity contribution in [1.29, 1.82) is 0 Å². The van der Waals surface area contributed by atoms with Crippen molar-refractivity contribution in [1.82, 2.24) is 5.32 Å². The Bertz CT molecular complexity index is 422. The highest BCUT2D eigenvalue weighted by Crippen LogP contribution is 2.22. The molecule has 0 atom stereocenters. The van der Waals surface area contributed by atoms with Crippen LogP contribution in [-0.2, 0) is 4.79 Å². The second-order valence-electron chi connectivity index (χ2n) is 5.05. The summed E-state index contributed by atoms with van der Waals surface area (Å²) < 4.78 is 0. The SMILES string of the molecule is O=CNc1ccc(C(=O)NCC2CCCCC2)cc1. The standard InChI is InChI=1S/C15H20N2O2/c18-11-17-14-8-6-13(7-9-14)15(19)16-10-12-4-2-1-3-5-12/h6-9,11-12H,1-5,10H2,(H,16,19)(H,17,18). The first kappa shape index (κ1) is 13.6. The van der Waals surface area contributed by atoms with E-state index in [-0.39, 0.29) is 5.91 Å². The Kier molecular flexibility index (Phi) is 4.95. The first-order valence-corrected chi connectivity index (χ1v) is 6.88. The summed E-state index contributed by atoms with van der Waals surface area (Å²) in [4.78, 5) is 22.2. The highest BCUT2D eigenvalue weighted by molar-refractivity contribution is 5.94. The third-order valence-electron chi connectivity index (χ3n) is 3.65. The maximum absolute atomic E-state index is 12.0. The Morgan fingerprint density at radius 1 is 1.16 bits per heavy atom. The molecule has 0 saturated heterocycles. The average molecular weight is 260 g/mol. The van der Waals surface area contributed by atoms with Gasteiger partial charge in [0, 0.05) is 17.8 Å². The molecule has 1 saturated carbocycles. The van der Waals surface area contributed by atoms with Crippen LogP contribution in [0.4, 0.5) is 5.69 Å². The number of hydrogen-bond acceptors (Lipinski definition) is 2. The number of carbonyl (C=O) groups excluding carboxylic acids is 2. The van der Waals surface area contributed by atoms with Gasteiger partial charge < -0.3 is 10.6 Å². The fourth-order valence-corrected chi connectivity index (χ4v) is 2.52. The Labute approximate surface area is 113 Å². The molecule has 19 heavy (non-hydrogen) atoms. The minimum absolute atomic E-state index is 0.0387. The molecule has 4 heteroatoms. The Morgan fingerprint density at radius 3 is 2.47 bits per heavy atom. The highest BCUT2D eigenvalue weighted by atomic mass is 16.1. The predicted octanol–water partition coefficient (Wildman–Crippen LogP) is 2.57. The molecule has 102 valence electrons. The molecule has 2 N–H and O–H groups in total. The van der Waals surface area contributed by atoms with E-state index in [2.05, 4.69) is 10.6 Å². The van der Waals surface area contributed by atoms with Crippen molar-refractivity contribution in [3.05, 3.63) is 29.8 Å². The lowest BCUT2D eigenvalue weighted by Crippen LogP contribution is -2.30. The molecular formula is C15H20N2O2. The van der Waals surface area contributed by atoms with Gasteiger partial charge in [-0.1, -0.05) is 19.3 Å². The number of rotatable bonds is 5. The van der Waals surface area contributed by atoms with Gasteiger partial charge in [0.2, 0.25) is 6.41 Å². The van der Waals surface area contributed by atoms with Gasteiger partial charge in [0.05, 0.1) is 0 Å². The molecule has 0 aliphatic heterocycles. The van der Waals surface area contributed by atoms with Gasteiger partial charge in [-0.15, -0.1) is 0 Å². The molecule has 0 spiro atoms. The second kappa shape index (κ2) is 6.92. The maximum Gasteiger partial charge on any atom is 0.251 e. The molecule has 1 aromatic rings. The van der Waals surface area contributed by atoms with Crippen molar-refractivity contribution in [3.8, 4) is 0 Å². The van der Waals surface area contributed by atoms with Gasteiger partial charge in [-0.3, -0.25) is 9.59 Å². The van der Waals surface area contributed by atoms with Crippen molar-refractivity contribution >= 4 is 18.0 Å². The van der Waals surface area contributed by atoms with Crippen LogP contribution in [0.2, 0.25) is 0 Å². The fraction of sp³-hybridized carbons (Fsp3) is 0.467. The quantitative estimate of drug-likeness (QED) is 0.799. The van der Waals surface area contributed by atoms with Gasteiger partial charge in [0.15, 0.2) is 0 Å². The van der Waals surface area contributed by atoms with E-state index in [0.29, 0.717) is 23.6 Å². The first-order chi connectivity index (χ1) is 9.29. The third-order valence-corrected chi connectivity index (χ3v) is 3.65. The van der Waals surface area contributed by atoms with Crippen LogP contribution in [0.1, 0.15) is 42.5 Å². The lowest BCUT2D eigenvalue weighted by atomic mass is 9.89. The van der Waals surface area contributed by atoms with E-state index in [1.807, 2.05) is 0 Å². The Balaban J connectivity index is 1.83. The molecule has 0 aromatic heterocycles. The monoisotopic (exact) mass is 260 g/mol. The van der Waals surface area contributed by atoms with Crippen molar-refractivity contribution < 1.29 is 9.59 Å². The number of anilines is 1. The van der Waals surface area contributed by atoms with Crippen LogP contribution in [0.15, 0.2) is 24.3 Å². The summed E-state index contributed by atoms with van der Waals surface area (Å²) in [5, 5.41) is 5.54. The highest BCUT2D eigenvalue weighted by Gasteiger charge is 2.14. The number of benzene rings is 1. The van der Waals surface area contributed by atoms with Crippen molar-refractivity contribution in [3.63, 3.8) is 0 Å². The zero-order valence-corrected chi connectivity index (χ0v) is 11.0. The lowest BCUT2D eigenvalue weighted by molar-refractivity contribution is -0.105. The van der Waals surface area contributed by atoms with Gasteiger partial charge in [-0.25, -0.2) is 0 Å². The van der Waals surface area contributed by atoms with Crippen LogP contribution in [0.5, 0.6) is 0 Å². The van der Waals surface area contributed by atoms with Gasteiger partial charge in [-0.2, -0.15) is 0 Å². The topological polar surface area (TPSA) is 58.2 Å². The summed E-state index contributed by atoms with van der Waals surface area (Å²) in [7, 11) is 0. The van der Waals surface area contributed by atoms with E-state index < -0.39 is 0 Å². The van der Waals surface area contributed by atoms with Gasteiger partial charge >= 0.3 is 0 Å². The Morgan fingerprint density at radius 2 is 1.84 bits per heavy atom. The van der Waals surface area contributed by atoms with Crippen molar-refractivity contribution in [2.75, 3.05) is 11.9 Å². The second-order valence-corrected chi connectivity index (χ2v) is 5.05. The van der Waals surface area contributed by atoms with Crippen LogP contribution in [0.25, 0.3) is 0 Å². The summed E-state index contributed by atoms with van der Waals surface area (Å²) in [5.41, 5.74) is 1.33. The molecule has 4 nitrogen and oxygen atoms in total. The molecule has 0 unspecified atom stereocenters. The molecular weight excluding hydrogens is 240 g/mol. The predicted molar refractivity (Wildman–Crippen MR) is 75.0 cm³/mol. The van der Waals surface area contributed by atoms with Gasteiger partial charge in [0.25, 0.3) is 5.91 Å². The summed E-state index contributed by atoms with van der Waals surface area (Å²) in [6.45, 7) is 0.771. The average Bonchev–Trinajstić information content (AvgIpc) is 2.47. The van der Waals surface area contributed by atoms with Gasteiger partial charge in [0.1, 0.15) is 0 Å². The number of amides is 2. The molecule has 1 aromatic carbocycles. The molecule has 1 aliphatic carbocycles. The fourth-order valence-electron chi connectivity index (χ4n) is 2.52. The van der Waals surface area contributed by atoms with E-state index in [4.69, 9.17) is 0 Å². The van der Waals surface area contributed by atoms with E-state index in [0.717, 1.165) is 6.54 Å². The summed E-state index contributed by atoms with van der Waals surface area (Å²) >= 11 is 0. The summed E-state index contributed by atoms with van der Waals surface area (Å²) in [5.74, 6) is 0.594. The molecule has 2 rings (SSSR count). The smallest absolute Gasteiger partial charge is 0.251 e. The van der Waals surface area contributed by atoms with Gasteiger partial charge in [-0.05, 0) is 43.0 Å². The minimum Gasteiger partial charge on any atom is -0.352 e. The molecule has 0 bridgehead atoms. The largest absolute Gasteiger partial charge is 0.352 e. The van der Waals surface area contributed by atoms with Crippen LogP contribution in [0.3, 0.4) is 0 Å². The number of carbonyl (C=O) groups is 2. The maximum atomic E-state index is 12.0. The first-order valence-electron chi connectivity index (χ1n) is 6.88. The summed E-state index contributed by atoms with van der Waals surface area (Å²) in [6.07, 6.45) is 6.97. The molecule has 1 fully saturated rings. The number of hydrogen-bond donors (Lipinski definition) is 2. The van der Waals surface area contributed by atoms with Crippen LogP contribution in [-0.4, -0.2) is 18.9 Å². The van der Waals surface area contributed by atoms with Crippen molar-refractivity contribution in [2.45, 2.75) is 32.1 Å². The van der Waals surface area contributed by atoms with Crippen LogP contribution < -0.4 is 10.6 Å². The third kappa shape index (κ3) is 4.09.